The summed E-state index contributed by atoms with van der Waals surface area (Å²) in [6, 6.07) is 0. The molecule has 1 aliphatic rings. The molecule has 1 atom stereocenters. The lowest BCUT2D eigenvalue weighted by Crippen LogP contribution is -2.21. The zero-order valence-corrected chi connectivity index (χ0v) is 10.9. The number of hydrazine groups is 1. The second-order valence-electron chi connectivity index (χ2n) is 4.15. The molecule has 6 heteroatoms. The molecule has 0 saturated carbocycles. The number of nitrogens with one attached hydrogen (secondary N) is 1. The third kappa shape index (κ3) is 2.60. The quantitative estimate of drug-likeness (QED) is 0.607. The van der Waals surface area contributed by atoms with Gasteiger partial charge in [-0.05, 0) is 13.3 Å². The smallest absolute Gasteiger partial charge is 0.159 e. The van der Waals surface area contributed by atoms with Crippen LogP contribution in [-0.2, 0) is 22.5 Å². The SMILES string of the molecule is CCOC(CC)c1nc2c(c(NN)n1)COCC2. The number of fused-ring (bicyclic) bond motifs is 1. The summed E-state index contributed by atoms with van der Waals surface area (Å²) in [6.45, 7) is 5.88. The molecular weight excluding hydrogens is 232 g/mol. The van der Waals surface area contributed by atoms with E-state index in [1.54, 1.807) is 0 Å². The molecule has 0 bridgehead atoms. The molecule has 0 spiro atoms. The van der Waals surface area contributed by atoms with E-state index in [0.717, 1.165) is 24.1 Å². The largest absolute Gasteiger partial charge is 0.376 e. The molecule has 1 aromatic rings. The second kappa shape index (κ2) is 6.08. The fourth-order valence-corrected chi connectivity index (χ4v) is 2.09. The maximum absolute atomic E-state index is 5.64. The predicted molar refractivity (Wildman–Crippen MR) is 67.9 cm³/mol. The summed E-state index contributed by atoms with van der Waals surface area (Å²) in [5.41, 5.74) is 4.60. The standard InChI is InChI=1S/C12H20N4O2/c1-3-10(18-4-2)12-14-9-5-6-17-7-8(9)11(15-12)16-13/h10H,3-7,13H2,1-2H3,(H,14,15,16). The van der Waals surface area contributed by atoms with Gasteiger partial charge in [-0.1, -0.05) is 6.92 Å². The Hall–Kier alpha value is -1.24. The molecule has 1 unspecified atom stereocenters. The first-order valence-corrected chi connectivity index (χ1v) is 6.35. The zero-order chi connectivity index (χ0) is 13.0. The molecule has 2 rings (SSSR count). The molecular formula is C12H20N4O2. The Labute approximate surface area is 107 Å². The van der Waals surface area contributed by atoms with Crippen LogP contribution in [-0.4, -0.2) is 23.2 Å². The van der Waals surface area contributed by atoms with Crippen LogP contribution < -0.4 is 11.3 Å². The maximum Gasteiger partial charge on any atom is 0.159 e. The third-order valence-corrected chi connectivity index (χ3v) is 3.00. The third-order valence-electron chi connectivity index (χ3n) is 3.00. The summed E-state index contributed by atoms with van der Waals surface area (Å²) < 4.78 is 11.0. The topological polar surface area (TPSA) is 82.3 Å². The van der Waals surface area contributed by atoms with Crippen LogP contribution in [0.2, 0.25) is 0 Å². The van der Waals surface area contributed by atoms with Crippen LogP contribution in [0.4, 0.5) is 5.82 Å². The van der Waals surface area contributed by atoms with Crippen LogP contribution in [0.25, 0.3) is 0 Å². The van der Waals surface area contributed by atoms with Gasteiger partial charge in [0.25, 0.3) is 0 Å². The summed E-state index contributed by atoms with van der Waals surface area (Å²) >= 11 is 0. The van der Waals surface area contributed by atoms with Gasteiger partial charge in [0, 0.05) is 18.6 Å². The second-order valence-corrected chi connectivity index (χ2v) is 4.15. The molecule has 0 amide bonds. The van der Waals surface area contributed by atoms with Crippen molar-refractivity contribution in [2.75, 3.05) is 18.6 Å². The summed E-state index contributed by atoms with van der Waals surface area (Å²) in [6.07, 6.45) is 1.56. The van der Waals surface area contributed by atoms with Crippen molar-refractivity contribution in [1.29, 1.82) is 0 Å². The molecule has 0 radical (unpaired) electrons. The molecule has 2 heterocycles. The number of hydrogen-bond donors (Lipinski definition) is 2. The van der Waals surface area contributed by atoms with Crippen LogP contribution in [0.5, 0.6) is 0 Å². The highest BCUT2D eigenvalue weighted by molar-refractivity contribution is 5.46. The molecule has 100 valence electrons. The zero-order valence-electron chi connectivity index (χ0n) is 10.9. The van der Waals surface area contributed by atoms with Gasteiger partial charge in [-0.3, -0.25) is 0 Å². The van der Waals surface area contributed by atoms with Gasteiger partial charge in [-0.25, -0.2) is 15.8 Å². The molecule has 1 aliphatic heterocycles. The Balaban J connectivity index is 2.36. The van der Waals surface area contributed by atoms with Gasteiger partial charge in [0.1, 0.15) is 11.9 Å². The van der Waals surface area contributed by atoms with E-state index in [2.05, 4.69) is 22.3 Å². The molecule has 0 saturated heterocycles. The van der Waals surface area contributed by atoms with Crippen LogP contribution in [0, 0.1) is 0 Å². The molecule has 0 fully saturated rings. The monoisotopic (exact) mass is 252 g/mol. The fourth-order valence-electron chi connectivity index (χ4n) is 2.09. The molecule has 0 aliphatic carbocycles. The van der Waals surface area contributed by atoms with E-state index in [1.165, 1.54) is 0 Å². The first-order valence-electron chi connectivity index (χ1n) is 6.35. The highest BCUT2D eigenvalue weighted by Crippen LogP contribution is 2.25. The van der Waals surface area contributed by atoms with Crippen molar-refractivity contribution in [1.82, 2.24) is 9.97 Å². The van der Waals surface area contributed by atoms with Gasteiger partial charge in [0.2, 0.25) is 0 Å². The highest BCUT2D eigenvalue weighted by atomic mass is 16.5. The molecule has 0 aromatic carbocycles. The number of nitrogen functional groups attached to an aromatic ring is 1. The van der Waals surface area contributed by atoms with Gasteiger partial charge >= 0.3 is 0 Å². The van der Waals surface area contributed by atoms with Crippen molar-refractivity contribution in [3.05, 3.63) is 17.1 Å². The Morgan fingerprint density at radius 1 is 1.44 bits per heavy atom. The van der Waals surface area contributed by atoms with E-state index in [0.29, 0.717) is 31.5 Å². The molecule has 18 heavy (non-hydrogen) atoms. The minimum atomic E-state index is -0.0738. The van der Waals surface area contributed by atoms with Gasteiger partial charge in [0.05, 0.1) is 18.9 Å². The minimum absolute atomic E-state index is 0.0738. The lowest BCUT2D eigenvalue weighted by molar-refractivity contribution is 0.0526. The van der Waals surface area contributed by atoms with Crippen molar-refractivity contribution in [3.63, 3.8) is 0 Å². The van der Waals surface area contributed by atoms with Gasteiger partial charge < -0.3 is 14.9 Å². The Bertz CT molecular complexity index is 394. The lowest BCUT2D eigenvalue weighted by atomic mass is 10.1. The number of nitrogens with two attached hydrogens (primary N) is 1. The van der Waals surface area contributed by atoms with Crippen molar-refractivity contribution in [3.8, 4) is 0 Å². The lowest BCUT2D eigenvalue weighted by Gasteiger charge is -2.21. The maximum atomic E-state index is 5.64. The van der Waals surface area contributed by atoms with E-state index in [4.69, 9.17) is 15.3 Å². The normalized spacial score (nSPS) is 16.2. The first kappa shape index (κ1) is 13.2. The number of anilines is 1. The van der Waals surface area contributed by atoms with E-state index >= 15 is 0 Å². The number of ether oxygens (including phenoxy) is 2. The minimum Gasteiger partial charge on any atom is -0.376 e. The van der Waals surface area contributed by atoms with E-state index in [9.17, 15) is 0 Å². The van der Waals surface area contributed by atoms with E-state index in [-0.39, 0.29) is 6.10 Å². The predicted octanol–water partition coefficient (Wildman–Crippen LogP) is 1.32. The van der Waals surface area contributed by atoms with Crippen LogP contribution in [0.3, 0.4) is 0 Å². The molecule has 3 N–H and O–H groups in total. The Morgan fingerprint density at radius 2 is 2.28 bits per heavy atom. The summed E-state index contributed by atoms with van der Waals surface area (Å²) in [5, 5.41) is 0. The van der Waals surface area contributed by atoms with Crippen LogP contribution >= 0.6 is 0 Å². The molecule has 6 nitrogen and oxygen atoms in total. The van der Waals surface area contributed by atoms with E-state index < -0.39 is 0 Å². The summed E-state index contributed by atoms with van der Waals surface area (Å²) in [4.78, 5) is 9.04. The number of nitrogens with zero attached hydrogens (tertiary/aromatic N) is 2. The van der Waals surface area contributed by atoms with Gasteiger partial charge in [-0.15, -0.1) is 0 Å². The summed E-state index contributed by atoms with van der Waals surface area (Å²) in [5.74, 6) is 6.87. The van der Waals surface area contributed by atoms with Gasteiger partial charge in [-0.2, -0.15) is 0 Å². The number of hydrogen-bond acceptors (Lipinski definition) is 6. The van der Waals surface area contributed by atoms with Crippen molar-refractivity contribution in [2.24, 2.45) is 5.84 Å². The average molecular weight is 252 g/mol. The Morgan fingerprint density at radius 3 is 2.94 bits per heavy atom. The number of aromatic nitrogens is 2. The van der Waals surface area contributed by atoms with Crippen molar-refractivity contribution < 1.29 is 9.47 Å². The van der Waals surface area contributed by atoms with Crippen LogP contribution in [0.15, 0.2) is 0 Å². The Kier molecular flexibility index (Phi) is 4.46. The number of rotatable bonds is 5. The first-order chi connectivity index (χ1) is 8.80. The van der Waals surface area contributed by atoms with E-state index in [1.807, 2.05) is 6.92 Å². The molecule has 1 aromatic heterocycles. The van der Waals surface area contributed by atoms with Crippen LogP contribution in [0.1, 0.15) is 43.5 Å². The van der Waals surface area contributed by atoms with Crippen molar-refractivity contribution in [2.45, 2.75) is 39.4 Å². The highest BCUT2D eigenvalue weighted by Gasteiger charge is 2.21. The fraction of sp³-hybridized carbons (Fsp3) is 0.667. The van der Waals surface area contributed by atoms with Crippen molar-refractivity contribution >= 4 is 5.82 Å². The average Bonchev–Trinajstić information content (AvgIpc) is 2.43. The van der Waals surface area contributed by atoms with Gasteiger partial charge in [0.15, 0.2) is 5.82 Å². The summed E-state index contributed by atoms with van der Waals surface area (Å²) in [7, 11) is 0.